The molecule has 0 amide bonds. The van der Waals surface area contributed by atoms with Crippen LogP contribution in [0.1, 0.15) is 5.56 Å². The molecule has 0 aliphatic carbocycles. The molecule has 0 fully saturated rings. The molecule has 6 nitrogen and oxygen atoms in total. The Kier molecular flexibility index (Phi) is 2.68. The standard InChI is InChI=1S/C13H12N4O2/c14-12-10(2-1-5-16-12)18-7-8-3-4-9-11(6-8)19-13(15)17-9/h1-6H,7H2,(H2,14,16)(H2,15,17). The minimum atomic E-state index is 0.157. The summed E-state index contributed by atoms with van der Waals surface area (Å²) < 4.78 is 10.9. The van der Waals surface area contributed by atoms with Gasteiger partial charge in [-0.3, -0.25) is 0 Å². The van der Waals surface area contributed by atoms with Crippen LogP contribution in [0, 0.1) is 0 Å². The maximum atomic E-state index is 5.70. The highest BCUT2D eigenvalue weighted by molar-refractivity contribution is 5.74. The minimum Gasteiger partial charge on any atom is -0.485 e. The molecule has 0 saturated carbocycles. The van der Waals surface area contributed by atoms with Crippen LogP contribution in [0.5, 0.6) is 5.75 Å². The van der Waals surface area contributed by atoms with Crippen LogP contribution in [-0.2, 0) is 6.61 Å². The van der Waals surface area contributed by atoms with Crippen molar-refractivity contribution in [1.82, 2.24) is 9.97 Å². The van der Waals surface area contributed by atoms with E-state index in [-0.39, 0.29) is 6.01 Å². The lowest BCUT2D eigenvalue weighted by molar-refractivity contribution is 0.307. The van der Waals surface area contributed by atoms with Gasteiger partial charge in [0.15, 0.2) is 17.2 Å². The summed E-state index contributed by atoms with van der Waals surface area (Å²) in [5.41, 5.74) is 13.5. The van der Waals surface area contributed by atoms with E-state index in [1.807, 2.05) is 18.2 Å². The van der Waals surface area contributed by atoms with Crippen LogP contribution in [0.3, 0.4) is 0 Å². The van der Waals surface area contributed by atoms with E-state index in [2.05, 4.69) is 9.97 Å². The van der Waals surface area contributed by atoms with E-state index in [1.54, 1.807) is 18.3 Å². The van der Waals surface area contributed by atoms with Crippen molar-refractivity contribution < 1.29 is 9.15 Å². The molecule has 96 valence electrons. The molecule has 3 aromatic rings. The first kappa shape index (κ1) is 11.3. The van der Waals surface area contributed by atoms with Gasteiger partial charge in [-0.15, -0.1) is 0 Å². The van der Waals surface area contributed by atoms with E-state index in [0.717, 1.165) is 11.1 Å². The molecule has 0 aliphatic heterocycles. The molecule has 0 spiro atoms. The van der Waals surface area contributed by atoms with Crippen molar-refractivity contribution in [2.45, 2.75) is 6.61 Å². The number of nitrogen functional groups attached to an aromatic ring is 2. The number of anilines is 2. The van der Waals surface area contributed by atoms with Crippen molar-refractivity contribution in [2.75, 3.05) is 11.5 Å². The molecule has 3 rings (SSSR count). The quantitative estimate of drug-likeness (QED) is 0.743. The third-order valence-electron chi connectivity index (χ3n) is 2.66. The number of nitrogens with two attached hydrogens (primary N) is 2. The third-order valence-corrected chi connectivity index (χ3v) is 2.66. The van der Waals surface area contributed by atoms with Crippen molar-refractivity contribution in [3.8, 4) is 5.75 Å². The van der Waals surface area contributed by atoms with Crippen LogP contribution >= 0.6 is 0 Å². The molecule has 2 heterocycles. The van der Waals surface area contributed by atoms with Crippen LogP contribution < -0.4 is 16.2 Å². The number of oxazole rings is 1. The topological polar surface area (TPSA) is 100 Å². The van der Waals surface area contributed by atoms with E-state index in [4.69, 9.17) is 20.6 Å². The van der Waals surface area contributed by atoms with Gasteiger partial charge in [0.25, 0.3) is 6.01 Å². The van der Waals surface area contributed by atoms with Gasteiger partial charge < -0.3 is 20.6 Å². The molecule has 2 aromatic heterocycles. The predicted molar refractivity (Wildman–Crippen MR) is 71.4 cm³/mol. The van der Waals surface area contributed by atoms with E-state index >= 15 is 0 Å². The van der Waals surface area contributed by atoms with E-state index in [0.29, 0.717) is 23.8 Å². The molecule has 0 atom stereocenters. The van der Waals surface area contributed by atoms with Crippen LogP contribution in [-0.4, -0.2) is 9.97 Å². The molecule has 0 bridgehead atoms. The van der Waals surface area contributed by atoms with E-state index in [9.17, 15) is 0 Å². The number of aromatic nitrogens is 2. The zero-order chi connectivity index (χ0) is 13.2. The fourth-order valence-corrected chi connectivity index (χ4v) is 1.76. The Morgan fingerprint density at radius 2 is 2.11 bits per heavy atom. The Hall–Kier alpha value is -2.76. The highest BCUT2D eigenvalue weighted by Crippen LogP contribution is 2.21. The van der Waals surface area contributed by atoms with Crippen LogP contribution in [0.4, 0.5) is 11.8 Å². The molecule has 1 aromatic carbocycles. The predicted octanol–water partition coefficient (Wildman–Crippen LogP) is 1.97. The fourth-order valence-electron chi connectivity index (χ4n) is 1.76. The van der Waals surface area contributed by atoms with Gasteiger partial charge in [-0.1, -0.05) is 6.07 Å². The Balaban J connectivity index is 1.80. The van der Waals surface area contributed by atoms with Crippen molar-refractivity contribution >= 4 is 22.9 Å². The zero-order valence-electron chi connectivity index (χ0n) is 10.0. The lowest BCUT2D eigenvalue weighted by Gasteiger charge is -2.07. The molecular formula is C13H12N4O2. The lowest BCUT2D eigenvalue weighted by atomic mass is 10.2. The second-order valence-electron chi connectivity index (χ2n) is 4.03. The zero-order valence-corrected chi connectivity index (χ0v) is 10.0. The summed E-state index contributed by atoms with van der Waals surface area (Å²) in [4.78, 5) is 7.98. The van der Waals surface area contributed by atoms with Gasteiger partial charge >= 0.3 is 0 Å². The third kappa shape index (κ3) is 2.28. The molecule has 0 unspecified atom stereocenters. The van der Waals surface area contributed by atoms with Gasteiger partial charge in [0.05, 0.1) is 0 Å². The normalized spacial score (nSPS) is 10.7. The Morgan fingerprint density at radius 3 is 2.95 bits per heavy atom. The van der Waals surface area contributed by atoms with E-state index in [1.165, 1.54) is 0 Å². The highest BCUT2D eigenvalue weighted by Gasteiger charge is 2.05. The highest BCUT2D eigenvalue weighted by atomic mass is 16.5. The van der Waals surface area contributed by atoms with E-state index < -0.39 is 0 Å². The van der Waals surface area contributed by atoms with Gasteiger partial charge in [-0.2, -0.15) is 4.98 Å². The van der Waals surface area contributed by atoms with Crippen LogP contribution in [0.25, 0.3) is 11.1 Å². The summed E-state index contributed by atoms with van der Waals surface area (Å²) in [7, 11) is 0. The summed E-state index contributed by atoms with van der Waals surface area (Å²) in [6, 6.07) is 9.27. The smallest absolute Gasteiger partial charge is 0.292 e. The molecule has 0 saturated heterocycles. The first-order valence-electron chi connectivity index (χ1n) is 5.70. The lowest BCUT2D eigenvalue weighted by Crippen LogP contribution is -1.99. The summed E-state index contributed by atoms with van der Waals surface area (Å²) in [5, 5.41) is 0. The van der Waals surface area contributed by atoms with Gasteiger partial charge in [0.2, 0.25) is 0 Å². The van der Waals surface area contributed by atoms with Gasteiger partial charge in [-0.05, 0) is 29.8 Å². The first-order chi connectivity index (χ1) is 9.22. The number of ether oxygens (including phenoxy) is 1. The molecule has 6 heteroatoms. The van der Waals surface area contributed by atoms with Crippen LogP contribution in [0.15, 0.2) is 40.9 Å². The second-order valence-corrected chi connectivity index (χ2v) is 4.03. The van der Waals surface area contributed by atoms with Gasteiger partial charge in [-0.25, -0.2) is 4.98 Å². The maximum Gasteiger partial charge on any atom is 0.292 e. The number of hydrogen-bond acceptors (Lipinski definition) is 6. The average Bonchev–Trinajstić information content (AvgIpc) is 2.77. The monoisotopic (exact) mass is 256 g/mol. The summed E-state index contributed by atoms with van der Waals surface area (Å²) in [6.45, 7) is 0.367. The number of rotatable bonds is 3. The summed E-state index contributed by atoms with van der Waals surface area (Å²) >= 11 is 0. The molecule has 0 aliphatic rings. The molecule has 19 heavy (non-hydrogen) atoms. The number of pyridine rings is 1. The molecule has 4 N–H and O–H groups in total. The SMILES string of the molecule is Nc1nc2ccc(COc3cccnc3N)cc2o1. The van der Waals surface area contributed by atoms with Crippen LogP contribution in [0.2, 0.25) is 0 Å². The van der Waals surface area contributed by atoms with Gasteiger partial charge in [0, 0.05) is 6.20 Å². The maximum absolute atomic E-state index is 5.70. The Labute approximate surface area is 109 Å². The second kappa shape index (κ2) is 4.49. The Bertz CT molecular complexity index is 723. The van der Waals surface area contributed by atoms with Crippen molar-refractivity contribution in [2.24, 2.45) is 0 Å². The minimum absolute atomic E-state index is 0.157. The van der Waals surface area contributed by atoms with Crippen molar-refractivity contribution in [1.29, 1.82) is 0 Å². The summed E-state index contributed by atoms with van der Waals surface area (Å²) in [6.07, 6.45) is 1.62. The summed E-state index contributed by atoms with van der Waals surface area (Å²) in [5.74, 6) is 0.923. The fraction of sp³-hybridized carbons (Fsp3) is 0.0769. The Morgan fingerprint density at radius 1 is 1.21 bits per heavy atom. The average molecular weight is 256 g/mol. The number of fused-ring (bicyclic) bond motifs is 1. The van der Waals surface area contributed by atoms with Crippen molar-refractivity contribution in [3.05, 3.63) is 42.1 Å². The molecular weight excluding hydrogens is 244 g/mol. The molecule has 0 radical (unpaired) electrons. The van der Waals surface area contributed by atoms with Gasteiger partial charge in [0.1, 0.15) is 12.1 Å². The van der Waals surface area contributed by atoms with Crippen molar-refractivity contribution in [3.63, 3.8) is 0 Å². The first-order valence-corrected chi connectivity index (χ1v) is 5.70. The number of hydrogen-bond donors (Lipinski definition) is 2. The number of nitrogens with zero attached hydrogens (tertiary/aromatic N) is 2. The number of benzene rings is 1. The largest absolute Gasteiger partial charge is 0.485 e.